The number of ether oxygens (including phenoxy) is 1. The lowest BCUT2D eigenvalue weighted by Crippen LogP contribution is -2.36. The second-order valence-corrected chi connectivity index (χ2v) is 7.31. The highest BCUT2D eigenvalue weighted by Gasteiger charge is 2.13. The van der Waals surface area contributed by atoms with Crippen molar-refractivity contribution in [2.75, 3.05) is 12.4 Å². The van der Waals surface area contributed by atoms with E-state index in [4.69, 9.17) is 4.74 Å². The van der Waals surface area contributed by atoms with Gasteiger partial charge >= 0.3 is 0 Å². The molecule has 0 aliphatic heterocycles. The average Bonchev–Trinajstić information content (AvgIpc) is 3.04. The standard InChI is InChI=1S/C24H29N5O2/c1-6-29-18(4)22(17(3)28-29)15-25-24(26-20-11-8-12-21(14-20)31-5)27-23(30)19-10-7-9-16(2)13-19/h7-14H,6,15H2,1-5H3,(H2,25,26,27,30). The smallest absolute Gasteiger partial charge is 0.257 e. The lowest BCUT2D eigenvalue weighted by atomic mass is 10.1. The minimum absolute atomic E-state index is 0.226. The molecule has 0 radical (unpaired) electrons. The third kappa shape index (κ3) is 5.51. The van der Waals surface area contributed by atoms with E-state index < -0.39 is 0 Å². The lowest BCUT2D eigenvalue weighted by Gasteiger charge is -2.13. The summed E-state index contributed by atoms with van der Waals surface area (Å²) in [6, 6.07) is 14.9. The molecule has 0 fully saturated rings. The van der Waals surface area contributed by atoms with E-state index in [0.29, 0.717) is 23.8 Å². The molecule has 0 saturated carbocycles. The molecule has 0 aliphatic rings. The summed E-state index contributed by atoms with van der Waals surface area (Å²) >= 11 is 0. The molecule has 31 heavy (non-hydrogen) atoms. The first-order chi connectivity index (χ1) is 14.9. The average molecular weight is 420 g/mol. The second-order valence-electron chi connectivity index (χ2n) is 7.31. The zero-order valence-electron chi connectivity index (χ0n) is 18.7. The van der Waals surface area contributed by atoms with Crippen molar-refractivity contribution in [2.24, 2.45) is 4.99 Å². The number of carbonyl (C=O) groups is 1. The first-order valence-corrected chi connectivity index (χ1v) is 10.3. The maximum Gasteiger partial charge on any atom is 0.257 e. The number of hydrogen-bond donors (Lipinski definition) is 2. The normalized spacial score (nSPS) is 11.3. The van der Waals surface area contributed by atoms with Crippen molar-refractivity contribution in [3.8, 4) is 5.75 Å². The minimum atomic E-state index is -0.226. The number of hydrogen-bond acceptors (Lipinski definition) is 4. The fourth-order valence-electron chi connectivity index (χ4n) is 3.34. The Bertz CT molecular complexity index is 1100. The zero-order chi connectivity index (χ0) is 22.4. The Kier molecular flexibility index (Phi) is 7.07. The molecule has 0 saturated heterocycles. The van der Waals surface area contributed by atoms with E-state index in [-0.39, 0.29) is 5.91 Å². The monoisotopic (exact) mass is 419 g/mol. The number of rotatable bonds is 6. The number of nitrogens with zero attached hydrogens (tertiary/aromatic N) is 3. The molecule has 2 N–H and O–H groups in total. The van der Waals surface area contributed by atoms with E-state index in [2.05, 4.69) is 27.6 Å². The van der Waals surface area contributed by atoms with Gasteiger partial charge in [0.2, 0.25) is 5.96 Å². The van der Waals surface area contributed by atoms with Crippen molar-refractivity contribution < 1.29 is 9.53 Å². The Hall–Kier alpha value is -3.61. The second kappa shape index (κ2) is 9.93. The van der Waals surface area contributed by atoms with Gasteiger partial charge in [-0.05, 0) is 52.0 Å². The number of aromatic nitrogens is 2. The SMILES string of the molecule is CCn1nc(C)c(CN=C(NC(=O)c2cccc(C)c2)Nc2cccc(OC)c2)c1C. The molecule has 7 nitrogen and oxygen atoms in total. The molecule has 0 atom stereocenters. The Labute approximate surface area is 183 Å². The molecule has 0 spiro atoms. The number of amides is 1. The molecule has 1 aromatic heterocycles. The van der Waals surface area contributed by atoms with E-state index in [0.717, 1.165) is 34.7 Å². The molecule has 0 aliphatic carbocycles. The van der Waals surface area contributed by atoms with Gasteiger partial charge in [0.25, 0.3) is 5.91 Å². The van der Waals surface area contributed by atoms with E-state index in [9.17, 15) is 4.79 Å². The highest BCUT2D eigenvalue weighted by molar-refractivity contribution is 6.10. The summed E-state index contributed by atoms with van der Waals surface area (Å²) in [7, 11) is 1.62. The predicted octanol–water partition coefficient (Wildman–Crippen LogP) is 4.23. The van der Waals surface area contributed by atoms with Crippen molar-refractivity contribution in [1.29, 1.82) is 0 Å². The third-order valence-electron chi connectivity index (χ3n) is 5.07. The maximum absolute atomic E-state index is 12.8. The van der Waals surface area contributed by atoms with Crippen LogP contribution in [-0.2, 0) is 13.1 Å². The number of aliphatic imine (C=N–C) groups is 1. The van der Waals surface area contributed by atoms with Crippen LogP contribution in [0.4, 0.5) is 5.69 Å². The van der Waals surface area contributed by atoms with Gasteiger partial charge in [-0.1, -0.05) is 23.8 Å². The van der Waals surface area contributed by atoms with Gasteiger partial charge < -0.3 is 10.1 Å². The van der Waals surface area contributed by atoms with Gasteiger partial charge in [0.15, 0.2) is 0 Å². The van der Waals surface area contributed by atoms with Crippen LogP contribution in [0.1, 0.15) is 39.8 Å². The number of benzene rings is 2. The van der Waals surface area contributed by atoms with Gasteiger partial charge in [-0.3, -0.25) is 14.8 Å². The van der Waals surface area contributed by atoms with Crippen molar-refractivity contribution in [3.63, 3.8) is 0 Å². The van der Waals surface area contributed by atoms with E-state index in [1.54, 1.807) is 13.2 Å². The third-order valence-corrected chi connectivity index (χ3v) is 5.07. The van der Waals surface area contributed by atoms with Gasteiger partial charge in [-0.2, -0.15) is 5.10 Å². The molecule has 0 unspecified atom stereocenters. The Balaban J connectivity index is 1.88. The topological polar surface area (TPSA) is 80.5 Å². The minimum Gasteiger partial charge on any atom is -0.497 e. The van der Waals surface area contributed by atoms with Crippen LogP contribution in [0.15, 0.2) is 53.5 Å². The van der Waals surface area contributed by atoms with Gasteiger partial charge in [0.1, 0.15) is 5.75 Å². The zero-order valence-corrected chi connectivity index (χ0v) is 18.7. The molecule has 2 aromatic carbocycles. The van der Waals surface area contributed by atoms with E-state index >= 15 is 0 Å². The van der Waals surface area contributed by atoms with Crippen molar-refractivity contribution >= 4 is 17.6 Å². The molecular formula is C24H29N5O2. The van der Waals surface area contributed by atoms with E-state index in [1.165, 1.54) is 0 Å². The summed E-state index contributed by atoms with van der Waals surface area (Å²) < 4.78 is 7.26. The van der Waals surface area contributed by atoms with Crippen molar-refractivity contribution in [2.45, 2.75) is 40.8 Å². The van der Waals surface area contributed by atoms with Crippen LogP contribution in [0.25, 0.3) is 0 Å². The highest BCUT2D eigenvalue weighted by Crippen LogP contribution is 2.18. The molecule has 7 heteroatoms. The fourth-order valence-corrected chi connectivity index (χ4v) is 3.34. The Morgan fingerprint density at radius 1 is 1.13 bits per heavy atom. The fraction of sp³-hybridized carbons (Fsp3) is 0.292. The van der Waals surface area contributed by atoms with Crippen LogP contribution >= 0.6 is 0 Å². The van der Waals surface area contributed by atoms with Gasteiger partial charge in [-0.25, -0.2) is 4.99 Å². The number of guanidine groups is 1. The number of aryl methyl sites for hydroxylation is 3. The van der Waals surface area contributed by atoms with Gasteiger partial charge in [-0.15, -0.1) is 0 Å². The molecule has 3 rings (SSSR count). The van der Waals surface area contributed by atoms with Crippen LogP contribution < -0.4 is 15.4 Å². The van der Waals surface area contributed by atoms with Crippen LogP contribution in [0.2, 0.25) is 0 Å². The Morgan fingerprint density at radius 2 is 1.90 bits per heavy atom. The molecular weight excluding hydrogens is 390 g/mol. The molecule has 3 aromatic rings. The van der Waals surface area contributed by atoms with Crippen LogP contribution in [0, 0.1) is 20.8 Å². The summed E-state index contributed by atoms with van der Waals surface area (Å²) in [5, 5.41) is 10.7. The largest absolute Gasteiger partial charge is 0.497 e. The number of anilines is 1. The molecule has 0 bridgehead atoms. The number of nitrogens with one attached hydrogen (secondary N) is 2. The molecule has 1 heterocycles. The molecule has 1 amide bonds. The summed E-state index contributed by atoms with van der Waals surface area (Å²) in [5.74, 6) is 0.851. The quantitative estimate of drug-likeness (QED) is 0.463. The van der Waals surface area contributed by atoms with Crippen molar-refractivity contribution in [1.82, 2.24) is 15.1 Å². The summed E-state index contributed by atoms with van der Waals surface area (Å²) in [6.45, 7) is 9.23. The number of carbonyl (C=O) groups excluding carboxylic acids is 1. The van der Waals surface area contributed by atoms with E-state index in [1.807, 2.05) is 67.9 Å². The number of methoxy groups -OCH3 is 1. The van der Waals surface area contributed by atoms with Crippen LogP contribution in [0.5, 0.6) is 5.75 Å². The van der Waals surface area contributed by atoms with Gasteiger partial charge in [0.05, 0.1) is 19.3 Å². The highest BCUT2D eigenvalue weighted by atomic mass is 16.5. The summed E-state index contributed by atoms with van der Waals surface area (Å²) in [5.41, 5.74) is 5.43. The maximum atomic E-state index is 12.8. The predicted molar refractivity (Wildman–Crippen MR) is 124 cm³/mol. The summed E-state index contributed by atoms with van der Waals surface area (Å²) in [4.78, 5) is 17.5. The van der Waals surface area contributed by atoms with Gasteiger partial charge in [0, 0.05) is 35.1 Å². The first-order valence-electron chi connectivity index (χ1n) is 10.3. The van der Waals surface area contributed by atoms with Crippen LogP contribution in [-0.4, -0.2) is 28.8 Å². The first kappa shape index (κ1) is 22.1. The molecule has 162 valence electrons. The summed E-state index contributed by atoms with van der Waals surface area (Å²) in [6.07, 6.45) is 0. The lowest BCUT2D eigenvalue weighted by molar-refractivity contribution is 0.0977. The van der Waals surface area contributed by atoms with Crippen LogP contribution in [0.3, 0.4) is 0 Å². The Morgan fingerprint density at radius 3 is 2.58 bits per heavy atom. The van der Waals surface area contributed by atoms with Crippen molar-refractivity contribution in [3.05, 3.63) is 76.6 Å².